The zero-order valence-electron chi connectivity index (χ0n) is 9.28. The highest BCUT2D eigenvalue weighted by molar-refractivity contribution is 6.29. The van der Waals surface area contributed by atoms with Crippen LogP contribution in [0.5, 0.6) is 0 Å². The summed E-state index contributed by atoms with van der Waals surface area (Å²) in [5.74, 6) is 0. The molecule has 0 amide bonds. The summed E-state index contributed by atoms with van der Waals surface area (Å²) in [5, 5.41) is -0.0587. The Balaban J connectivity index is 2.51. The molecule has 94 valence electrons. The molecule has 5 heteroatoms. The third-order valence-corrected chi connectivity index (χ3v) is 3.27. The molecule has 1 heterocycles. The average Bonchev–Trinajstić information content (AvgIpc) is 2.18. The van der Waals surface area contributed by atoms with Crippen LogP contribution in [0, 0.1) is 0 Å². The summed E-state index contributed by atoms with van der Waals surface area (Å²) in [6, 6.07) is 1.58. The van der Waals surface area contributed by atoms with Crippen LogP contribution in [-0.4, -0.2) is 4.98 Å². The van der Waals surface area contributed by atoms with E-state index in [4.69, 9.17) is 11.6 Å². The third kappa shape index (κ3) is 2.92. The van der Waals surface area contributed by atoms with Crippen LogP contribution in [-0.2, 0) is 19.0 Å². The molecular weight excluding hydrogens is 251 g/mol. The minimum absolute atomic E-state index is 0.0587. The van der Waals surface area contributed by atoms with Gasteiger partial charge in [-0.15, -0.1) is 0 Å². The van der Waals surface area contributed by atoms with E-state index in [1.165, 1.54) is 0 Å². The molecule has 0 aliphatic heterocycles. The van der Waals surface area contributed by atoms with Crippen molar-refractivity contribution in [1.82, 2.24) is 4.98 Å². The lowest BCUT2D eigenvalue weighted by atomic mass is 9.92. The van der Waals surface area contributed by atoms with E-state index in [2.05, 4.69) is 4.98 Å². The van der Waals surface area contributed by atoms with Crippen LogP contribution in [0.2, 0.25) is 5.15 Å². The van der Waals surface area contributed by atoms with E-state index < -0.39 is 11.9 Å². The van der Waals surface area contributed by atoms with Gasteiger partial charge in [-0.1, -0.05) is 24.4 Å². The zero-order valence-corrected chi connectivity index (χ0v) is 10.0. The number of alkyl halides is 3. The highest BCUT2D eigenvalue weighted by Crippen LogP contribution is 2.35. The van der Waals surface area contributed by atoms with Crippen molar-refractivity contribution in [3.63, 3.8) is 0 Å². The molecule has 0 atom stereocenters. The highest BCUT2D eigenvalue weighted by atomic mass is 35.5. The summed E-state index contributed by atoms with van der Waals surface area (Å²) in [5.41, 5.74) is 0.278. The molecule has 1 aliphatic carbocycles. The SMILES string of the molecule is FC(F)(F)c1nc(Cl)cc2c1CCCCCC2. The molecular formula is C12H13ClF3N. The third-order valence-electron chi connectivity index (χ3n) is 3.08. The summed E-state index contributed by atoms with van der Waals surface area (Å²) >= 11 is 5.67. The molecule has 0 saturated heterocycles. The second kappa shape index (κ2) is 4.84. The number of nitrogens with zero attached hydrogens (tertiary/aromatic N) is 1. The van der Waals surface area contributed by atoms with Crippen molar-refractivity contribution in [1.29, 1.82) is 0 Å². The Kier molecular flexibility index (Phi) is 3.61. The van der Waals surface area contributed by atoms with Gasteiger partial charge in [0.25, 0.3) is 0 Å². The molecule has 1 aromatic heterocycles. The maximum absolute atomic E-state index is 12.9. The van der Waals surface area contributed by atoms with Crippen molar-refractivity contribution in [3.8, 4) is 0 Å². The number of aromatic nitrogens is 1. The number of rotatable bonds is 0. The maximum atomic E-state index is 12.9. The Morgan fingerprint density at radius 1 is 1.06 bits per heavy atom. The fourth-order valence-corrected chi connectivity index (χ4v) is 2.51. The van der Waals surface area contributed by atoms with E-state index in [9.17, 15) is 13.2 Å². The second-order valence-electron chi connectivity index (χ2n) is 4.34. The maximum Gasteiger partial charge on any atom is 0.433 e. The molecule has 17 heavy (non-hydrogen) atoms. The van der Waals surface area contributed by atoms with Gasteiger partial charge in [-0.05, 0) is 42.9 Å². The van der Waals surface area contributed by atoms with Crippen molar-refractivity contribution >= 4 is 11.6 Å². The van der Waals surface area contributed by atoms with Crippen molar-refractivity contribution in [2.75, 3.05) is 0 Å². The predicted molar refractivity (Wildman–Crippen MR) is 60.1 cm³/mol. The van der Waals surface area contributed by atoms with Gasteiger partial charge in [-0.25, -0.2) is 4.98 Å². The average molecular weight is 264 g/mol. The first kappa shape index (κ1) is 12.7. The van der Waals surface area contributed by atoms with Gasteiger partial charge in [0.2, 0.25) is 0 Å². The fraction of sp³-hybridized carbons (Fsp3) is 0.583. The van der Waals surface area contributed by atoms with Gasteiger partial charge in [0, 0.05) is 0 Å². The monoisotopic (exact) mass is 263 g/mol. The number of hydrogen-bond acceptors (Lipinski definition) is 1. The van der Waals surface area contributed by atoms with Gasteiger partial charge in [-0.2, -0.15) is 13.2 Å². The molecule has 1 nitrogen and oxygen atoms in total. The topological polar surface area (TPSA) is 12.9 Å². The van der Waals surface area contributed by atoms with E-state index in [1.54, 1.807) is 6.07 Å². The molecule has 2 rings (SSSR count). The van der Waals surface area contributed by atoms with Crippen LogP contribution in [0.25, 0.3) is 0 Å². The predicted octanol–water partition coefficient (Wildman–Crippen LogP) is 4.41. The Bertz CT molecular complexity index is 415. The van der Waals surface area contributed by atoms with Gasteiger partial charge in [0.15, 0.2) is 0 Å². The standard InChI is InChI=1S/C12H13ClF3N/c13-10-7-8-5-3-1-2-4-6-9(8)11(17-10)12(14,15)16/h7H,1-6H2. The number of fused-ring (bicyclic) bond motifs is 1. The largest absolute Gasteiger partial charge is 0.433 e. The van der Waals surface area contributed by atoms with E-state index >= 15 is 0 Å². The van der Waals surface area contributed by atoms with E-state index in [0.717, 1.165) is 31.2 Å². The first-order valence-corrected chi connectivity index (χ1v) is 6.12. The van der Waals surface area contributed by atoms with Gasteiger partial charge >= 0.3 is 6.18 Å². The molecule has 0 fully saturated rings. The van der Waals surface area contributed by atoms with Crippen molar-refractivity contribution in [2.24, 2.45) is 0 Å². The van der Waals surface area contributed by atoms with Crippen LogP contribution < -0.4 is 0 Å². The summed E-state index contributed by atoms with van der Waals surface area (Å²) in [6.45, 7) is 0. The minimum Gasteiger partial charge on any atom is -0.231 e. The fourth-order valence-electron chi connectivity index (χ4n) is 2.30. The normalized spacial score (nSPS) is 17.2. The molecule has 0 bridgehead atoms. The Morgan fingerprint density at radius 3 is 2.35 bits per heavy atom. The first-order chi connectivity index (χ1) is 7.98. The van der Waals surface area contributed by atoms with E-state index in [0.29, 0.717) is 18.4 Å². The summed E-state index contributed by atoms with van der Waals surface area (Å²) in [7, 11) is 0. The molecule has 0 radical (unpaired) electrons. The van der Waals surface area contributed by atoms with Gasteiger partial charge in [0.05, 0.1) is 0 Å². The van der Waals surface area contributed by atoms with Crippen molar-refractivity contribution < 1.29 is 13.2 Å². The van der Waals surface area contributed by atoms with Crippen LogP contribution >= 0.6 is 11.6 Å². The number of halogens is 4. The lowest BCUT2D eigenvalue weighted by molar-refractivity contribution is -0.141. The van der Waals surface area contributed by atoms with Crippen LogP contribution in [0.3, 0.4) is 0 Å². The smallest absolute Gasteiger partial charge is 0.231 e. The van der Waals surface area contributed by atoms with Crippen LogP contribution in [0.1, 0.15) is 42.5 Å². The molecule has 0 unspecified atom stereocenters. The van der Waals surface area contributed by atoms with Crippen LogP contribution in [0.4, 0.5) is 13.2 Å². The molecule has 0 saturated carbocycles. The Labute approximate surface area is 103 Å². The summed E-state index contributed by atoms with van der Waals surface area (Å²) in [4.78, 5) is 3.47. The highest BCUT2D eigenvalue weighted by Gasteiger charge is 2.36. The number of pyridine rings is 1. The second-order valence-corrected chi connectivity index (χ2v) is 4.73. The number of hydrogen-bond donors (Lipinski definition) is 0. The van der Waals surface area contributed by atoms with E-state index in [1.807, 2.05) is 0 Å². The Hall–Kier alpha value is -0.770. The van der Waals surface area contributed by atoms with E-state index in [-0.39, 0.29) is 5.15 Å². The first-order valence-electron chi connectivity index (χ1n) is 5.74. The molecule has 1 aliphatic rings. The molecule has 1 aromatic rings. The lowest BCUT2D eigenvalue weighted by Crippen LogP contribution is -2.15. The summed E-state index contributed by atoms with van der Waals surface area (Å²) < 4.78 is 38.6. The minimum atomic E-state index is -4.41. The quantitative estimate of drug-likeness (QED) is 0.632. The molecule has 0 N–H and O–H groups in total. The van der Waals surface area contributed by atoms with Crippen LogP contribution in [0.15, 0.2) is 6.07 Å². The zero-order chi connectivity index (χ0) is 12.5. The molecule has 0 aromatic carbocycles. The lowest BCUT2D eigenvalue weighted by Gasteiger charge is -2.18. The van der Waals surface area contributed by atoms with Crippen molar-refractivity contribution in [2.45, 2.75) is 44.7 Å². The van der Waals surface area contributed by atoms with Crippen molar-refractivity contribution in [3.05, 3.63) is 28.0 Å². The molecule has 0 spiro atoms. The summed E-state index contributed by atoms with van der Waals surface area (Å²) in [6.07, 6.45) is 0.479. The Morgan fingerprint density at radius 2 is 1.71 bits per heavy atom. The number of aryl methyl sites for hydroxylation is 1. The van der Waals surface area contributed by atoms with Gasteiger partial charge in [-0.3, -0.25) is 0 Å². The van der Waals surface area contributed by atoms with Gasteiger partial charge in [0.1, 0.15) is 10.8 Å². The van der Waals surface area contributed by atoms with Gasteiger partial charge < -0.3 is 0 Å².